The summed E-state index contributed by atoms with van der Waals surface area (Å²) in [7, 11) is 0. The van der Waals surface area contributed by atoms with E-state index in [1.54, 1.807) is 0 Å². The highest BCUT2D eigenvalue weighted by Gasteiger charge is 2.24. The van der Waals surface area contributed by atoms with Crippen LogP contribution in [0.15, 0.2) is 16.3 Å². The highest BCUT2D eigenvalue weighted by atomic mass is 16.5. The van der Waals surface area contributed by atoms with Gasteiger partial charge in [0, 0.05) is 43.4 Å². The molecule has 0 amide bonds. The van der Waals surface area contributed by atoms with Crippen molar-refractivity contribution in [2.45, 2.75) is 27.2 Å². The first kappa shape index (κ1) is 11.8. The van der Waals surface area contributed by atoms with Crippen molar-refractivity contribution in [1.29, 1.82) is 0 Å². The fourth-order valence-electron chi connectivity index (χ4n) is 2.33. The summed E-state index contributed by atoms with van der Waals surface area (Å²) >= 11 is 0. The number of nitrogens with zero attached hydrogens (tertiary/aromatic N) is 2. The molecule has 2 aliphatic heterocycles. The molecule has 1 saturated heterocycles. The molecule has 0 atom stereocenters. The summed E-state index contributed by atoms with van der Waals surface area (Å²) < 4.78 is 5.37. The van der Waals surface area contributed by atoms with Crippen LogP contribution in [0.1, 0.15) is 27.2 Å². The van der Waals surface area contributed by atoms with Crippen molar-refractivity contribution in [2.75, 3.05) is 32.8 Å². The van der Waals surface area contributed by atoms with Crippen LogP contribution in [0.25, 0.3) is 0 Å². The SMILES string of the molecule is CC(C)(C)C1=C(CN2CCOCC2)CC=N1. The van der Waals surface area contributed by atoms with Crippen molar-refractivity contribution >= 4 is 6.21 Å². The van der Waals surface area contributed by atoms with Crippen LogP contribution in [0.4, 0.5) is 0 Å². The lowest BCUT2D eigenvalue weighted by Crippen LogP contribution is -2.37. The smallest absolute Gasteiger partial charge is 0.0594 e. The minimum atomic E-state index is 0.175. The van der Waals surface area contributed by atoms with Crippen molar-refractivity contribution < 1.29 is 4.74 Å². The molecule has 0 aliphatic carbocycles. The van der Waals surface area contributed by atoms with Gasteiger partial charge in [0.25, 0.3) is 0 Å². The Hall–Kier alpha value is -0.670. The summed E-state index contributed by atoms with van der Waals surface area (Å²) in [5.41, 5.74) is 2.96. The van der Waals surface area contributed by atoms with Crippen LogP contribution in [0.3, 0.4) is 0 Å². The minimum Gasteiger partial charge on any atom is -0.379 e. The lowest BCUT2D eigenvalue weighted by Gasteiger charge is -2.28. The van der Waals surface area contributed by atoms with E-state index < -0.39 is 0 Å². The number of ether oxygens (including phenoxy) is 1. The van der Waals surface area contributed by atoms with Crippen molar-refractivity contribution in [3.63, 3.8) is 0 Å². The predicted molar refractivity (Wildman–Crippen MR) is 66.8 cm³/mol. The van der Waals surface area contributed by atoms with E-state index in [1.165, 1.54) is 11.3 Å². The molecule has 0 radical (unpaired) electrons. The fourth-order valence-corrected chi connectivity index (χ4v) is 2.33. The van der Waals surface area contributed by atoms with Crippen molar-refractivity contribution in [3.8, 4) is 0 Å². The highest BCUT2D eigenvalue weighted by Crippen LogP contribution is 2.33. The maximum atomic E-state index is 5.37. The summed E-state index contributed by atoms with van der Waals surface area (Å²) in [6.07, 6.45) is 3.08. The number of allylic oxidation sites excluding steroid dienone is 1. The molecular formula is C13H22N2O. The highest BCUT2D eigenvalue weighted by molar-refractivity contribution is 5.68. The molecular weight excluding hydrogens is 200 g/mol. The molecule has 2 heterocycles. The topological polar surface area (TPSA) is 24.8 Å². The van der Waals surface area contributed by atoms with Gasteiger partial charge in [0.1, 0.15) is 0 Å². The number of rotatable bonds is 2. The van der Waals surface area contributed by atoms with Crippen molar-refractivity contribution in [1.82, 2.24) is 4.90 Å². The first-order chi connectivity index (χ1) is 7.57. The lowest BCUT2D eigenvalue weighted by atomic mass is 9.89. The van der Waals surface area contributed by atoms with E-state index >= 15 is 0 Å². The second-order valence-electron chi connectivity index (χ2n) is 5.61. The largest absolute Gasteiger partial charge is 0.379 e. The molecule has 2 aliphatic rings. The van der Waals surface area contributed by atoms with Crippen molar-refractivity contribution in [2.24, 2.45) is 10.4 Å². The molecule has 0 aromatic heterocycles. The third kappa shape index (κ3) is 2.71. The number of hydrogen-bond donors (Lipinski definition) is 0. The normalized spacial score (nSPS) is 23.2. The van der Waals surface area contributed by atoms with Gasteiger partial charge in [-0.25, -0.2) is 0 Å². The molecule has 0 saturated carbocycles. The second-order valence-corrected chi connectivity index (χ2v) is 5.61. The maximum Gasteiger partial charge on any atom is 0.0594 e. The molecule has 0 aromatic rings. The van der Waals surface area contributed by atoms with Crippen LogP contribution >= 0.6 is 0 Å². The molecule has 0 unspecified atom stereocenters. The van der Waals surface area contributed by atoms with Gasteiger partial charge in [-0.2, -0.15) is 0 Å². The first-order valence-electron chi connectivity index (χ1n) is 6.12. The van der Waals surface area contributed by atoms with E-state index in [2.05, 4.69) is 36.9 Å². The van der Waals surface area contributed by atoms with Gasteiger partial charge in [0.15, 0.2) is 0 Å². The quantitative estimate of drug-likeness (QED) is 0.714. The second kappa shape index (κ2) is 4.68. The molecule has 0 bridgehead atoms. The zero-order valence-electron chi connectivity index (χ0n) is 10.6. The third-order valence-corrected chi connectivity index (χ3v) is 3.12. The van der Waals surface area contributed by atoms with E-state index in [4.69, 9.17) is 4.74 Å². The average molecular weight is 222 g/mol. The summed E-state index contributed by atoms with van der Waals surface area (Å²) in [6, 6.07) is 0. The van der Waals surface area contributed by atoms with Crippen LogP contribution in [0.2, 0.25) is 0 Å². The molecule has 16 heavy (non-hydrogen) atoms. The Bertz CT molecular complexity index is 306. The van der Waals surface area contributed by atoms with Crippen LogP contribution in [-0.4, -0.2) is 44.0 Å². The molecule has 1 fully saturated rings. The van der Waals surface area contributed by atoms with Crippen LogP contribution < -0.4 is 0 Å². The molecule has 0 N–H and O–H groups in total. The molecule has 0 spiro atoms. The van der Waals surface area contributed by atoms with Gasteiger partial charge in [-0.3, -0.25) is 9.89 Å². The van der Waals surface area contributed by atoms with Gasteiger partial charge in [0.2, 0.25) is 0 Å². The lowest BCUT2D eigenvalue weighted by molar-refractivity contribution is 0.0420. The zero-order chi connectivity index (χ0) is 11.6. The number of hydrogen-bond acceptors (Lipinski definition) is 3. The standard InChI is InChI=1S/C13H22N2O/c1-13(2,3)12-11(4-5-14-12)10-15-6-8-16-9-7-15/h5H,4,6-10H2,1-3H3. The monoisotopic (exact) mass is 222 g/mol. The summed E-state index contributed by atoms with van der Waals surface area (Å²) in [4.78, 5) is 7.02. The Labute approximate surface area is 98.2 Å². The molecule has 3 heteroatoms. The average Bonchev–Trinajstić information content (AvgIpc) is 2.67. The van der Waals surface area contributed by atoms with Crippen LogP contribution in [0, 0.1) is 5.41 Å². The Kier molecular flexibility index (Phi) is 3.45. The van der Waals surface area contributed by atoms with Gasteiger partial charge in [-0.1, -0.05) is 20.8 Å². The number of aliphatic imine (C=N–C) groups is 1. The first-order valence-corrected chi connectivity index (χ1v) is 6.12. The van der Waals surface area contributed by atoms with E-state index in [0.29, 0.717) is 0 Å². The maximum absolute atomic E-state index is 5.37. The summed E-state index contributed by atoms with van der Waals surface area (Å²) in [5, 5.41) is 0. The molecule has 2 rings (SSSR count). The Balaban J connectivity index is 2.03. The Morgan fingerprint density at radius 2 is 2.00 bits per heavy atom. The minimum absolute atomic E-state index is 0.175. The van der Waals surface area contributed by atoms with Crippen LogP contribution in [-0.2, 0) is 4.74 Å². The summed E-state index contributed by atoms with van der Waals surface area (Å²) in [5.74, 6) is 0. The van der Waals surface area contributed by atoms with Gasteiger partial charge >= 0.3 is 0 Å². The molecule has 3 nitrogen and oxygen atoms in total. The van der Waals surface area contributed by atoms with Crippen LogP contribution in [0.5, 0.6) is 0 Å². The Morgan fingerprint density at radius 3 is 2.62 bits per heavy atom. The molecule has 90 valence electrons. The van der Waals surface area contributed by atoms with Gasteiger partial charge in [0.05, 0.1) is 13.2 Å². The predicted octanol–water partition coefficient (Wildman–Crippen LogP) is 2.09. The van der Waals surface area contributed by atoms with E-state index in [-0.39, 0.29) is 5.41 Å². The van der Waals surface area contributed by atoms with Crippen molar-refractivity contribution in [3.05, 3.63) is 11.3 Å². The third-order valence-electron chi connectivity index (χ3n) is 3.12. The number of morpholine rings is 1. The van der Waals surface area contributed by atoms with E-state index in [1.807, 2.05) is 0 Å². The summed E-state index contributed by atoms with van der Waals surface area (Å²) in [6.45, 7) is 11.6. The fraction of sp³-hybridized carbons (Fsp3) is 0.769. The molecule has 0 aromatic carbocycles. The van der Waals surface area contributed by atoms with Gasteiger partial charge < -0.3 is 4.74 Å². The van der Waals surface area contributed by atoms with E-state index in [0.717, 1.165) is 39.3 Å². The van der Waals surface area contributed by atoms with Gasteiger partial charge in [-0.15, -0.1) is 0 Å². The van der Waals surface area contributed by atoms with E-state index in [9.17, 15) is 0 Å². The van der Waals surface area contributed by atoms with Gasteiger partial charge in [-0.05, 0) is 5.57 Å². The zero-order valence-corrected chi connectivity index (χ0v) is 10.6. The Morgan fingerprint density at radius 1 is 1.31 bits per heavy atom.